The molecule has 0 saturated carbocycles. The predicted octanol–water partition coefficient (Wildman–Crippen LogP) is 5.00. The maximum Gasteiger partial charge on any atom is 0.139 e. The maximum absolute atomic E-state index is 5.19. The molecule has 0 unspecified atom stereocenters. The number of hydrogen-bond acceptors (Lipinski definition) is 3. The zero-order chi connectivity index (χ0) is 13.6. The first-order valence-electron chi connectivity index (χ1n) is 5.40. The van der Waals surface area contributed by atoms with Crippen LogP contribution in [0.2, 0.25) is 0 Å². The zero-order valence-corrected chi connectivity index (χ0v) is 13.6. The van der Waals surface area contributed by atoms with Gasteiger partial charge in [0.05, 0.1) is 15.3 Å². The summed E-state index contributed by atoms with van der Waals surface area (Å²) in [6.45, 7) is 0. The smallest absolute Gasteiger partial charge is 0.139 e. The summed E-state index contributed by atoms with van der Waals surface area (Å²) in [6, 6.07) is 8.03. The highest BCUT2D eigenvalue weighted by atomic mass is 79.9. The number of aromatic nitrogens is 3. The van der Waals surface area contributed by atoms with Crippen molar-refractivity contribution in [1.29, 1.82) is 0 Å². The Bertz CT molecular complexity index is 891. The summed E-state index contributed by atoms with van der Waals surface area (Å²) in [4.78, 5) is 9.40. The molecule has 3 N–H and O–H groups in total. The van der Waals surface area contributed by atoms with Crippen molar-refractivity contribution in [3.63, 3.8) is 0 Å². The number of para-hydroxylation sites is 1. The quantitative estimate of drug-likeness (QED) is 0.360. The van der Waals surface area contributed by atoms with Crippen LogP contribution in [0.1, 0.15) is 0 Å². The normalized spacial score (nSPS) is 11.1. The van der Waals surface area contributed by atoms with Crippen LogP contribution in [0.5, 0.6) is 0 Å². The number of rotatable bonds is 1. The number of fused-ring (bicyclic) bond motifs is 1. The lowest BCUT2D eigenvalue weighted by Crippen LogP contribution is -1.91. The molecule has 0 amide bonds. The van der Waals surface area contributed by atoms with E-state index in [-0.39, 0.29) is 0 Å². The Balaban J connectivity index is 2.43. The second kappa shape index (κ2) is 4.90. The lowest BCUT2D eigenvalue weighted by atomic mass is 10.1. The Labute approximate surface area is 133 Å². The second-order valence-corrected chi connectivity index (χ2v) is 6.05. The van der Waals surface area contributed by atoms with Crippen molar-refractivity contribution in [2.45, 2.75) is 5.03 Å². The summed E-state index contributed by atoms with van der Waals surface area (Å²) < 4.78 is 1.86. The van der Waals surface area contributed by atoms with E-state index in [1.165, 1.54) is 0 Å². The lowest BCUT2D eigenvalue weighted by Gasteiger charge is -2.05. The van der Waals surface area contributed by atoms with Crippen LogP contribution < -0.4 is 0 Å². The molecule has 0 atom stereocenters. The third-order valence-electron chi connectivity index (χ3n) is 2.82. The summed E-state index contributed by atoms with van der Waals surface area (Å²) in [6.07, 6.45) is 0. The molecule has 3 aromatic rings. The van der Waals surface area contributed by atoms with Gasteiger partial charge in [-0.3, -0.25) is 0 Å². The van der Waals surface area contributed by atoms with E-state index in [1.807, 2.05) is 24.3 Å². The Kier molecular flexibility index (Phi) is 3.38. The number of hydrogen-bond donors (Lipinski definition) is 4. The Morgan fingerprint density at radius 3 is 2.47 bits per heavy atom. The van der Waals surface area contributed by atoms with Crippen LogP contribution in [0.25, 0.3) is 22.2 Å². The standard InChI is InChI=1S/C12H8BrN3S3/c13-9-7(5-3-1-2-4-6(5)14-9)8-10(17)16-12(19)11(18)15-8/h1-4,14H,(H,15,18)(H2,16,17,19). The first kappa shape index (κ1) is 13.1. The molecular formula is C12H8BrN3S3. The fourth-order valence-electron chi connectivity index (χ4n) is 1.99. The van der Waals surface area contributed by atoms with Gasteiger partial charge in [0.2, 0.25) is 0 Å². The van der Waals surface area contributed by atoms with Crippen molar-refractivity contribution in [2.75, 3.05) is 0 Å². The molecule has 0 aliphatic rings. The molecule has 3 nitrogen and oxygen atoms in total. The molecule has 0 saturated heterocycles. The molecular weight excluding hydrogens is 362 g/mol. The monoisotopic (exact) mass is 369 g/mol. The van der Waals surface area contributed by atoms with Gasteiger partial charge in [0.25, 0.3) is 0 Å². The van der Waals surface area contributed by atoms with Crippen LogP contribution in [0.3, 0.4) is 0 Å². The third kappa shape index (κ3) is 2.20. The molecule has 0 aliphatic heterocycles. The van der Waals surface area contributed by atoms with Crippen molar-refractivity contribution < 1.29 is 0 Å². The number of nitrogens with one attached hydrogen (secondary N) is 3. The summed E-state index contributed by atoms with van der Waals surface area (Å²) in [5.74, 6) is 0. The SMILES string of the molecule is S=c1[nH]c(S)c(-c2c(Br)[nH]c3ccccc23)[nH]c1=S. The Morgan fingerprint density at radius 2 is 1.68 bits per heavy atom. The molecule has 0 spiro atoms. The summed E-state index contributed by atoms with van der Waals surface area (Å²) in [5, 5.41) is 1.74. The average Bonchev–Trinajstić information content (AvgIpc) is 2.70. The summed E-state index contributed by atoms with van der Waals surface area (Å²) >= 11 is 18.3. The van der Waals surface area contributed by atoms with Gasteiger partial charge in [-0.25, -0.2) is 0 Å². The van der Waals surface area contributed by atoms with Gasteiger partial charge >= 0.3 is 0 Å². The van der Waals surface area contributed by atoms with E-state index in [0.717, 1.165) is 26.8 Å². The lowest BCUT2D eigenvalue weighted by molar-refractivity contribution is 1.04. The van der Waals surface area contributed by atoms with Crippen molar-refractivity contribution >= 4 is 63.9 Å². The van der Waals surface area contributed by atoms with Crippen LogP contribution in [0.15, 0.2) is 33.9 Å². The van der Waals surface area contributed by atoms with E-state index in [1.54, 1.807) is 0 Å². The molecule has 2 aromatic heterocycles. The minimum Gasteiger partial charge on any atom is -0.349 e. The molecule has 1 aromatic carbocycles. The molecule has 7 heteroatoms. The van der Waals surface area contributed by atoms with Gasteiger partial charge in [-0.1, -0.05) is 42.6 Å². The predicted molar refractivity (Wildman–Crippen MR) is 89.1 cm³/mol. The number of halogens is 1. The minimum absolute atomic E-state index is 0.486. The average molecular weight is 370 g/mol. The van der Waals surface area contributed by atoms with Crippen molar-refractivity contribution in [3.8, 4) is 11.3 Å². The van der Waals surface area contributed by atoms with Crippen LogP contribution in [-0.4, -0.2) is 15.0 Å². The van der Waals surface area contributed by atoms with Gasteiger partial charge in [-0.2, -0.15) is 0 Å². The fraction of sp³-hybridized carbons (Fsp3) is 0. The molecule has 96 valence electrons. The topological polar surface area (TPSA) is 47.4 Å². The van der Waals surface area contributed by atoms with E-state index in [4.69, 9.17) is 24.4 Å². The van der Waals surface area contributed by atoms with Crippen LogP contribution >= 0.6 is 53.0 Å². The van der Waals surface area contributed by atoms with Crippen LogP contribution in [0.4, 0.5) is 0 Å². The van der Waals surface area contributed by atoms with Gasteiger partial charge in [0, 0.05) is 16.5 Å². The van der Waals surface area contributed by atoms with Gasteiger partial charge in [-0.15, -0.1) is 12.6 Å². The molecule has 0 bridgehead atoms. The molecule has 0 radical (unpaired) electrons. The highest BCUT2D eigenvalue weighted by molar-refractivity contribution is 9.10. The van der Waals surface area contributed by atoms with Crippen LogP contribution in [-0.2, 0) is 0 Å². The Morgan fingerprint density at radius 1 is 1.00 bits per heavy atom. The summed E-state index contributed by atoms with van der Waals surface area (Å²) in [7, 11) is 0. The fourth-order valence-corrected chi connectivity index (χ4v) is 3.28. The maximum atomic E-state index is 5.19. The van der Waals surface area contributed by atoms with Gasteiger partial charge in [0.15, 0.2) is 0 Å². The van der Waals surface area contributed by atoms with Gasteiger partial charge < -0.3 is 15.0 Å². The van der Waals surface area contributed by atoms with Gasteiger partial charge in [-0.05, 0) is 22.0 Å². The second-order valence-electron chi connectivity index (χ2n) is 3.99. The highest BCUT2D eigenvalue weighted by Gasteiger charge is 2.14. The van der Waals surface area contributed by atoms with E-state index < -0.39 is 0 Å². The molecule has 3 rings (SSSR count). The molecule has 2 heterocycles. The third-order valence-corrected chi connectivity index (χ3v) is 4.50. The van der Waals surface area contributed by atoms with E-state index in [2.05, 4.69) is 43.5 Å². The van der Waals surface area contributed by atoms with E-state index in [0.29, 0.717) is 14.3 Å². The van der Waals surface area contributed by atoms with E-state index in [9.17, 15) is 0 Å². The first-order chi connectivity index (χ1) is 9.08. The minimum atomic E-state index is 0.486. The molecule has 0 fully saturated rings. The molecule has 0 aliphatic carbocycles. The number of benzene rings is 1. The highest BCUT2D eigenvalue weighted by Crippen LogP contribution is 2.36. The summed E-state index contributed by atoms with van der Waals surface area (Å²) in [5.41, 5.74) is 2.84. The number of thiol groups is 1. The Hall–Kier alpha value is -0.890. The van der Waals surface area contributed by atoms with Crippen molar-refractivity contribution in [3.05, 3.63) is 38.1 Å². The van der Waals surface area contributed by atoms with Crippen LogP contribution in [0, 0.1) is 9.28 Å². The van der Waals surface area contributed by atoms with Crippen molar-refractivity contribution in [1.82, 2.24) is 15.0 Å². The zero-order valence-electron chi connectivity index (χ0n) is 9.45. The first-order valence-corrected chi connectivity index (χ1v) is 7.45. The van der Waals surface area contributed by atoms with Crippen molar-refractivity contribution in [2.24, 2.45) is 0 Å². The number of aromatic amines is 3. The van der Waals surface area contributed by atoms with Gasteiger partial charge in [0.1, 0.15) is 9.28 Å². The number of H-pyrrole nitrogens is 3. The van der Waals surface area contributed by atoms with E-state index >= 15 is 0 Å². The largest absolute Gasteiger partial charge is 0.349 e. The molecule has 19 heavy (non-hydrogen) atoms.